The standard InChI is InChI=1S/C21H19N2O3.Pt/c1-12-7-16(21-22-14(3)11-25-21)10-17(8-12)26-19-5-4-15-6-13(2)9-18(24)20(15)23-19;/h4-9,14,24H,11H2,1-3H3;/q-1;/t14-;/m0./s1. The van der Waals surface area contributed by atoms with Gasteiger partial charge in [0.1, 0.15) is 17.2 Å². The first-order valence-corrected chi connectivity index (χ1v) is 8.51. The average molecular weight is 542 g/mol. The van der Waals surface area contributed by atoms with E-state index in [9.17, 15) is 5.11 Å². The second-order valence-corrected chi connectivity index (χ2v) is 6.64. The van der Waals surface area contributed by atoms with Crippen LogP contribution in [0, 0.1) is 19.9 Å². The largest absolute Gasteiger partial charge is 0.518 e. The van der Waals surface area contributed by atoms with Crippen molar-refractivity contribution in [2.45, 2.75) is 26.8 Å². The van der Waals surface area contributed by atoms with Gasteiger partial charge in [-0.05, 0) is 37.6 Å². The molecular formula is C21H19N2O3Pt-. The molecule has 4 rings (SSSR count). The number of phenolic OH excluding ortho intramolecular Hbond substituents is 1. The number of hydrogen-bond acceptors (Lipinski definition) is 5. The van der Waals surface area contributed by atoms with Gasteiger partial charge in [0.05, 0.1) is 12.6 Å². The zero-order chi connectivity index (χ0) is 18.3. The van der Waals surface area contributed by atoms with Gasteiger partial charge in [0.25, 0.3) is 0 Å². The number of nitrogens with zero attached hydrogens (tertiary/aromatic N) is 2. The Labute approximate surface area is 172 Å². The van der Waals surface area contributed by atoms with E-state index in [0.29, 0.717) is 29.7 Å². The molecule has 0 unspecified atom stereocenters. The van der Waals surface area contributed by atoms with E-state index in [1.165, 1.54) is 0 Å². The molecular weight excluding hydrogens is 523 g/mol. The van der Waals surface area contributed by atoms with Gasteiger partial charge in [0, 0.05) is 38.3 Å². The van der Waals surface area contributed by atoms with Crippen molar-refractivity contribution in [1.82, 2.24) is 4.98 Å². The van der Waals surface area contributed by atoms with Crippen LogP contribution < -0.4 is 4.74 Å². The Kier molecular flexibility index (Phi) is 5.52. The summed E-state index contributed by atoms with van der Waals surface area (Å²) < 4.78 is 11.5. The summed E-state index contributed by atoms with van der Waals surface area (Å²) in [6, 6.07) is 14.5. The minimum Gasteiger partial charge on any atom is -0.518 e. The Balaban J connectivity index is 0.00000210. The van der Waals surface area contributed by atoms with Crippen molar-refractivity contribution in [1.29, 1.82) is 0 Å². The second-order valence-electron chi connectivity index (χ2n) is 6.64. The molecule has 1 atom stereocenters. The SMILES string of the molecule is Cc1cc(Oc2ccc3cc(C)cc(O)c3n2)[c-]c(C2=N[C@@H](C)CO2)c1.[Pt]. The number of aryl methyl sites for hydroxylation is 2. The predicted molar refractivity (Wildman–Crippen MR) is 100 cm³/mol. The van der Waals surface area contributed by atoms with Crippen LogP contribution in [0.4, 0.5) is 0 Å². The van der Waals surface area contributed by atoms with Crippen LogP contribution in [0.15, 0.2) is 41.4 Å². The maximum Gasteiger partial charge on any atom is 0.217 e. The van der Waals surface area contributed by atoms with Gasteiger partial charge >= 0.3 is 0 Å². The molecule has 0 amide bonds. The topological polar surface area (TPSA) is 63.9 Å². The Morgan fingerprint density at radius 3 is 2.67 bits per heavy atom. The van der Waals surface area contributed by atoms with E-state index < -0.39 is 0 Å². The molecule has 0 fully saturated rings. The van der Waals surface area contributed by atoms with Crippen molar-refractivity contribution in [3.8, 4) is 17.4 Å². The third kappa shape index (κ3) is 4.14. The summed E-state index contributed by atoms with van der Waals surface area (Å²) in [7, 11) is 0. The van der Waals surface area contributed by atoms with E-state index in [2.05, 4.69) is 16.0 Å². The Hall–Kier alpha value is -2.39. The predicted octanol–water partition coefficient (Wildman–Crippen LogP) is 4.31. The third-order valence-electron chi connectivity index (χ3n) is 4.12. The van der Waals surface area contributed by atoms with Gasteiger partial charge in [0.2, 0.25) is 5.88 Å². The Bertz CT molecular complexity index is 1030. The number of aromatic nitrogens is 1. The quantitative estimate of drug-likeness (QED) is 0.502. The maximum atomic E-state index is 10.1. The zero-order valence-corrected chi connectivity index (χ0v) is 17.5. The molecule has 1 aliphatic heterocycles. The molecule has 1 aliphatic rings. The molecule has 27 heavy (non-hydrogen) atoms. The van der Waals surface area contributed by atoms with Crippen molar-refractivity contribution in [2.24, 2.45) is 4.99 Å². The van der Waals surface area contributed by atoms with Crippen molar-refractivity contribution >= 4 is 16.8 Å². The molecule has 142 valence electrons. The summed E-state index contributed by atoms with van der Waals surface area (Å²) in [6.45, 7) is 6.50. The second kappa shape index (κ2) is 7.69. The molecule has 2 heterocycles. The van der Waals surface area contributed by atoms with Gasteiger partial charge in [-0.1, -0.05) is 24.6 Å². The fraction of sp³-hybridized carbons (Fsp3) is 0.238. The van der Waals surface area contributed by atoms with Gasteiger partial charge in [-0.2, -0.15) is 0 Å². The van der Waals surface area contributed by atoms with Gasteiger partial charge in [-0.3, -0.25) is 4.99 Å². The van der Waals surface area contributed by atoms with Crippen LogP contribution in [0.25, 0.3) is 10.9 Å². The molecule has 1 N–H and O–H groups in total. The minimum absolute atomic E-state index is 0. The summed E-state index contributed by atoms with van der Waals surface area (Å²) in [5, 5.41) is 11.0. The number of fused-ring (bicyclic) bond motifs is 1. The van der Waals surface area contributed by atoms with E-state index in [-0.39, 0.29) is 32.9 Å². The van der Waals surface area contributed by atoms with Crippen LogP contribution in [0.3, 0.4) is 0 Å². The first-order chi connectivity index (χ1) is 12.5. The van der Waals surface area contributed by atoms with Gasteiger partial charge in [-0.25, -0.2) is 4.98 Å². The molecule has 0 radical (unpaired) electrons. The van der Waals surface area contributed by atoms with Gasteiger partial charge in [-0.15, -0.1) is 11.6 Å². The normalized spacial score (nSPS) is 15.8. The molecule has 6 heteroatoms. The molecule has 0 aliphatic carbocycles. The molecule has 0 saturated heterocycles. The van der Waals surface area contributed by atoms with Crippen molar-refractivity contribution in [3.05, 3.63) is 59.2 Å². The number of aliphatic imine (C=N–C) groups is 1. The monoisotopic (exact) mass is 542 g/mol. The fourth-order valence-corrected chi connectivity index (χ4v) is 2.99. The van der Waals surface area contributed by atoms with Crippen LogP contribution in [0.2, 0.25) is 0 Å². The molecule has 0 spiro atoms. The van der Waals surface area contributed by atoms with Crippen molar-refractivity contribution in [2.75, 3.05) is 6.61 Å². The molecule has 0 saturated carbocycles. The number of phenols is 1. The molecule has 0 bridgehead atoms. The van der Waals surface area contributed by atoms with Crippen LogP contribution in [-0.2, 0) is 25.8 Å². The van der Waals surface area contributed by atoms with Crippen molar-refractivity contribution < 1.29 is 35.6 Å². The number of hydrogen-bond donors (Lipinski definition) is 1. The third-order valence-corrected chi connectivity index (χ3v) is 4.12. The van der Waals surface area contributed by atoms with E-state index in [1.54, 1.807) is 12.1 Å². The van der Waals surface area contributed by atoms with E-state index in [1.807, 2.05) is 45.0 Å². The first-order valence-electron chi connectivity index (χ1n) is 8.51. The Morgan fingerprint density at radius 2 is 1.93 bits per heavy atom. The molecule has 2 aromatic carbocycles. The van der Waals surface area contributed by atoms with E-state index >= 15 is 0 Å². The van der Waals surface area contributed by atoms with Crippen LogP contribution >= 0.6 is 0 Å². The summed E-state index contributed by atoms with van der Waals surface area (Å²) in [5.41, 5.74) is 3.27. The number of aromatic hydroxyl groups is 1. The van der Waals surface area contributed by atoms with Gasteiger partial charge < -0.3 is 14.6 Å². The number of ether oxygens (including phenoxy) is 2. The van der Waals surface area contributed by atoms with Gasteiger partial charge in [0.15, 0.2) is 0 Å². The Morgan fingerprint density at radius 1 is 1.15 bits per heavy atom. The number of pyridine rings is 1. The summed E-state index contributed by atoms with van der Waals surface area (Å²) >= 11 is 0. The van der Waals surface area contributed by atoms with Crippen LogP contribution in [0.5, 0.6) is 17.4 Å². The smallest absolute Gasteiger partial charge is 0.217 e. The molecule has 5 nitrogen and oxygen atoms in total. The van der Waals surface area contributed by atoms with Crippen molar-refractivity contribution in [3.63, 3.8) is 0 Å². The van der Waals surface area contributed by atoms with E-state index in [0.717, 1.165) is 22.1 Å². The van der Waals surface area contributed by atoms with Crippen LogP contribution in [0.1, 0.15) is 23.6 Å². The zero-order valence-electron chi connectivity index (χ0n) is 15.2. The number of benzene rings is 2. The molecule has 3 aromatic rings. The average Bonchev–Trinajstić information content (AvgIpc) is 3.01. The molecule has 1 aromatic heterocycles. The summed E-state index contributed by atoms with van der Waals surface area (Å²) in [5.74, 6) is 1.66. The minimum atomic E-state index is 0. The summed E-state index contributed by atoms with van der Waals surface area (Å²) in [6.07, 6.45) is 0. The maximum absolute atomic E-state index is 10.1. The fourth-order valence-electron chi connectivity index (χ4n) is 2.99. The number of rotatable bonds is 3. The van der Waals surface area contributed by atoms with Crippen LogP contribution in [-0.4, -0.2) is 28.6 Å². The summed E-state index contributed by atoms with van der Waals surface area (Å²) in [4.78, 5) is 8.89. The van der Waals surface area contributed by atoms with E-state index in [4.69, 9.17) is 9.47 Å². The first kappa shape index (κ1) is 19.4.